The van der Waals surface area contributed by atoms with Gasteiger partial charge >= 0.3 is 6.09 Å². The third-order valence-corrected chi connectivity index (χ3v) is 5.15. The Morgan fingerprint density at radius 2 is 1.83 bits per heavy atom. The third-order valence-electron chi connectivity index (χ3n) is 5.15. The maximum absolute atomic E-state index is 13.1. The first-order valence-electron chi connectivity index (χ1n) is 9.93. The highest BCUT2D eigenvalue weighted by Gasteiger charge is 2.37. The number of amides is 2. The van der Waals surface area contributed by atoms with E-state index in [-0.39, 0.29) is 18.0 Å². The van der Waals surface area contributed by atoms with Crippen LogP contribution in [-0.4, -0.2) is 59.7 Å². The molecule has 2 aromatic carbocycles. The fourth-order valence-electron chi connectivity index (χ4n) is 3.73. The molecule has 152 valence electrons. The molecule has 1 atom stereocenters. The molecule has 4 rings (SSSR count). The van der Waals surface area contributed by atoms with Crippen molar-refractivity contribution in [1.82, 2.24) is 9.80 Å². The van der Waals surface area contributed by atoms with Crippen molar-refractivity contribution in [2.75, 3.05) is 26.2 Å². The summed E-state index contributed by atoms with van der Waals surface area (Å²) >= 11 is 0. The highest BCUT2D eigenvalue weighted by atomic mass is 16.6. The van der Waals surface area contributed by atoms with E-state index in [1.807, 2.05) is 74.2 Å². The summed E-state index contributed by atoms with van der Waals surface area (Å²) < 4.78 is 11.5. The van der Waals surface area contributed by atoms with Gasteiger partial charge < -0.3 is 19.3 Å². The summed E-state index contributed by atoms with van der Waals surface area (Å²) in [6.45, 7) is 7.21. The van der Waals surface area contributed by atoms with E-state index in [2.05, 4.69) is 0 Å². The van der Waals surface area contributed by atoms with E-state index < -0.39 is 5.60 Å². The molecule has 1 unspecified atom stereocenters. The summed E-state index contributed by atoms with van der Waals surface area (Å²) in [5.74, 6) is 0.542. The molecule has 0 aliphatic carbocycles. The molecule has 6 heteroatoms. The molecule has 2 amide bonds. The first kappa shape index (κ1) is 19.3. The van der Waals surface area contributed by atoms with Crippen LogP contribution in [0.15, 0.2) is 48.5 Å². The van der Waals surface area contributed by atoms with Gasteiger partial charge in [0.05, 0.1) is 11.6 Å². The van der Waals surface area contributed by atoms with E-state index in [9.17, 15) is 9.59 Å². The molecular formula is C23H26N2O4. The van der Waals surface area contributed by atoms with Crippen molar-refractivity contribution in [1.29, 1.82) is 0 Å². The molecular weight excluding hydrogens is 368 g/mol. The molecule has 2 aliphatic rings. The van der Waals surface area contributed by atoms with Crippen LogP contribution in [0.1, 0.15) is 31.1 Å². The van der Waals surface area contributed by atoms with Crippen LogP contribution in [0.4, 0.5) is 4.79 Å². The zero-order valence-electron chi connectivity index (χ0n) is 17.1. The number of fused-ring (bicyclic) bond motifs is 2. The average Bonchev–Trinajstić information content (AvgIpc) is 2.83. The maximum Gasteiger partial charge on any atom is 0.410 e. The normalized spacial score (nSPS) is 19.0. The summed E-state index contributed by atoms with van der Waals surface area (Å²) in [6.07, 6.45) is -0.349. The van der Waals surface area contributed by atoms with Crippen LogP contribution >= 0.6 is 0 Å². The first-order chi connectivity index (χ1) is 13.8. The Bertz CT molecular complexity index is 920. The van der Waals surface area contributed by atoms with Crippen LogP contribution in [-0.2, 0) is 4.74 Å². The molecule has 0 spiro atoms. The predicted octanol–water partition coefficient (Wildman–Crippen LogP) is 3.81. The fourth-order valence-corrected chi connectivity index (χ4v) is 3.73. The molecule has 29 heavy (non-hydrogen) atoms. The van der Waals surface area contributed by atoms with E-state index in [1.54, 1.807) is 4.90 Å². The SMILES string of the molecule is CC(C)(C)OC(=O)N1CCN2C(=O)c3ccc(-c4ccccc4)cc3OCC2C1. The zero-order chi connectivity index (χ0) is 20.6. The highest BCUT2D eigenvalue weighted by molar-refractivity contribution is 5.98. The topological polar surface area (TPSA) is 59.1 Å². The van der Waals surface area contributed by atoms with Gasteiger partial charge in [0.1, 0.15) is 18.0 Å². The van der Waals surface area contributed by atoms with Crippen LogP contribution in [0, 0.1) is 0 Å². The van der Waals surface area contributed by atoms with E-state index in [4.69, 9.17) is 9.47 Å². The van der Waals surface area contributed by atoms with E-state index in [1.165, 1.54) is 0 Å². The molecule has 1 saturated heterocycles. The van der Waals surface area contributed by atoms with E-state index >= 15 is 0 Å². The lowest BCUT2D eigenvalue weighted by molar-refractivity contribution is 0.000952. The van der Waals surface area contributed by atoms with Gasteiger partial charge in [-0.25, -0.2) is 4.79 Å². The average molecular weight is 394 g/mol. The number of nitrogens with zero attached hydrogens (tertiary/aromatic N) is 2. The van der Waals surface area contributed by atoms with Crippen LogP contribution in [0.2, 0.25) is 0 Å². The number of benzene rings is 2. The van der Waals surface area contributed by atoms with Gasteiger partial charge in [-0.05, 0) is 44.0 Å². The number of carbonyl (C=O) groups is 2. The lowest BCUT2D eigenvalue weighted by Crippen LogP contribution is -2.58. The van der Waals surface area contributed by atoms with Crippen molar-refractivity contribution in [3.8, 4) is 16.9 Å². The van der Waals surface area contributed by atoms with Crippen molar-refractivity contribution in [3.05, 3.63) is 54.1 Å². The van der Waals surface area contributed by atoms with Gasteiger partial charge in [0.15, 0.2) is 0 Å². The number of piperazine rings is 1. The molecule has 0 aromatic heterocycles. The lowest BCUT2D eigenvalue weighted by atomic mass is 10.0. The number of hydrogen-bond acceptors (Lipinski definition) is 4. The molecule has 6 nitrogen and oxygen atoms in total. The van der Waals surface area contributed by atoms with Gasteiger partial charge in [-0.15, -0.1) is 0 Å². The van der Waals surface area contributed by atoms with Crippen molar-refractivity contribution >= 4 is 12.0 Å². The summed E-state index contributed by atoms with van der Waals surface area (Å²) in [7, 11) is 0. The van der Waals surface area contributed by atoms with Crippen molar-refractivity contribution < 1.29 is 19.1 Å². The quantitative estimate of drug-likeness (QED) is 0.738. The van der Waals surface area contributed by atoms with E-state index in [0.29, 0.717) is 37.6 Å². The Kier molecular flexibility index (Phi) is 4.94. The van der Waals surface area contributed by atoms with Gasteiger partial charge in [-0.2, -0.15) is 0 Å². The summed E-state index contributed by atoms with van der Waals surface area (Å²) in [4.78, 5) is 29.0. The summed E-state index contributed by atoms with van der Waals surface area (Å²) in [6, 6.07) is 15.5. The summed E-state index contributed by atoms with van der Waals surface area (Å²) in [5.41, 5.74) is 2.10. The predicted molar refractivity (Wildman–Crippen MR) is 110 cm³/mol. The monoisotopic (exact) mass is 394 g/mol. The van der Waals surface area contributed by atoms with Gasteiger partial charge in [0.25, 0.3) is 5.91 Å². The largest absolute Gasteiger partial charge is 0.491 e. The lowest BCUT2D eigenvalue weighted by Gasteiger charge is -2.40. The van der Waals surface area contributed by atoms with Gasteiger partial charge in [0, 0.05) is 19.6 Å². The minimum Gasteiger partial charge on any atom is -0.491 e. The van der Waals surface area contributed by atoms with Gasteiger partial charge in [0.2, 0.25) is 0 Å². The Labute approximate surface area is 171 Å². The smallest absolute Gasteiger partial charge is 0.410 e. The second-order valence-electron chi connectivity index (χ2n) is 8.47. The highest BCUT2D eigenvalue weighted by Crippen LogP contribution is 2.31. The van der Waals surface area contributed by atoms with Crippen LogP contribution in [0.25, 0.3) is 11.1 Å². The number of ether oxygens (including phenoxy) is 2. The molecule has 2 aliphatic heterocycles. The molecule has 0 saturated carbocycles. The fraction of sp³-hybridized carbons (Fsp3) is 0.391. The Morgan fingerprint density at radius 1 is 1.07 bits per heavy atom. The maximum atomic E-state index is 13.1. The van der Waals surface area contributed by atoms with Gasteiger partial charge in [-0.1, -0.05) is 36.4 Å². The Balaban J connectivity index is 1.54. The molecule has 0 N–H and O–H groups in total. The minimum absolute atomic E-state index is 0.0500. The van der Waals surface area contributed by atoms with Gasteiger partial charge in [-0.3, -0.25) is 4.79 Å². The standard InChI is InChI=1S/C23H26N2O4/c1-23(2,3)29-22(27)24-11-12-25-18(14-24)15-28-20-13-17(9-10-19(20)21(25)26)16-7-5-4-6-8-16/h4-10,13,18H,11-12,14-15H2,1-3H3. The molecule has 2 heterocycles. The van der Waals surface area contributed by atoms with Crippen LogP contribution < -0.4 is 4.74 Å². The minimum atomic E-state index is -0.548. The zero-order valence-corrected chi connectivity index (χ0v) is 17.1. The molecule has 1 fully saturated rings. The summed E-state index contributed by atoms with van der Waals surface area (Å²) in [5, 5.41) is 0. The first-order valence-corrected chi connectivity index (χ1v) is 9.93. The molecule has 0 radical (unpaired) electrons. The van der Waals surface area contributed by atoms with Crippen LogP contribution in [0.3, 0.4) is 0 Å². The Morgan fingerprint density at radius 3 is 2.55 bits per heavy atom. The number of carbonyl (C=O) groups excluding carboxylic acids is 2. The third kappa shape index (κ3) is 4.06. The van der Waals surface area contributed by atoms with Crippen molar-refractivity contribution in [2.45, 2.75) is 32.4 Å². The second kappa shape index (κ2) is 7.43. The second-order valence-corrected chi connectivity index (χ2v) is 8.47. The molecule has 2 aromatic rings. The van der Waals surface area contributed by atoms with E-state index in [0.717, 1.165) is 11.1 Å². The number of hydrogen-bond donors (Lipinski definition) is 0. The van der Waals surface area contributed by atoms with Crippen LogP contribution in [0.5, 0.6) is 5.75 Å². The van der Waals surface area contributed by atoms with Crippen molar-refractivity contribution in [2.24, 2.45) is 0 Å². The Hall–Kier alpha value is -3.02. The number of rotatable bonds is 1. The molecule has 0 bridgehead atoms. The van der Waals surface area contributed by atoms with Crippen molar-refractivity contribution in [3.63, 3.8) is 0 Å².